The predicted octanol–water partition coefficient (Wildman–Crippen LogP) is 0.929. The maximum absolute atomic E-state index is 12.0. The Bertz CT molecular complexity index is 453. The van der Waals surface area contributed by atoms with Gasteiger partial charge in [-0.1, -0.05) is 12.1 Å². The first kappa shape index (κ1) is 15.8. The van der Waals surface area contributed by atoms with Gasteiger partial charge in [-0.25, -0.2) is 0 Å². The molecule has 5 N–H and O–H groups in total. The van der Waals surface area contributed by atoms with Crippen LogP contribution in [0.5, 0.6) is 5.75 Å². The lowest BCUT2D eigenvalue weighted by molar-refractivity contribution is -0.122. The smallest absolute Gasteiger partial charge is 0.237 e. The van der Waals surface area contributed by atoms with Gasteiger partial charge >= 0.3 is 0 Å². The molecule has 1 fully saturated rings. The molecule has 1 amide bonds. The summed E-state index contributed by atoms with van der Waals surface area (Å²) in [6.07, 6.45) is 3.83. The quantitative estimate of drug-likeness (QED) is 0.649. The number of carbonyl (C=O) groups is 1. The highest BCUT2D eigenvalue weighted by Crippen LogP contribution is 2.23. The maximum Gasteiger partial charge on any atom is 0.237 e. The standard InChI is InChI=1S/C16H24N2O3/c17-15(9-11-1-5-13(19)6-2-11)16(21)18-10-12-3-7-14(20)8-4-12/h1-2,5-6,12,14-15,19-20H,3-4,7-10,17H2,(H,18,21). The Morgan fingerprint density at radius 3 is 2.48 bits per heavy atom. The van der Waals surface area contributed by atoms with Crippen molar-refractivity contribution in [2.24, 2.45) is 11.7 Å². The maximum atomic E-state index is 12.0. The van der Waals surface area contributed by atoms with E-state index in [2.05, 4.69) is 5.32 Å². The lowest BCUT2D eigenvalue weighted by Gasteiger charge is -2.26. The number of phenols is 1. The summed E-state index contributed by atoms with van der Waals surface area (Å²) in [4.78, 5) is 12.0. The van der Waals surface area contributed by atoms with Crippen LogP contribution < -0.4 is 11.1 Å². The van der Waals surface area contributed by atoms with Crippen molar-refractivity contribution in [2.75, 3.05) is 6.54 Å². The van der Waals surface area contributed by atoms with Crippen molar-refractivity contribution < 1.29 is 15.0 Å². The second kappa shape index (κ2) is 7.43. The van der Waals surface area contributed by atoms with Crippen molar-refractivity contribution in [2.45, 2.75) is 44.2 Å². The normalized spacial score (nSPS) is 23.5. The van der Waals surface area contributed by atoms with E-state index in [0.717, 1.165) is 31.2 Å². The Morgan fingerprint density at radius 1 is 1.24 bits per heavy atom. The number of nitrogens with two attached hydrogens (primary N) is 1. The van der Waals surface area contributed by atoms with Crippen LogP contribution in [-0.2, 0) is 11.2 Å². The Hall–Kier alpha value is -1.59. The summed E-state index contributed by atoms with van der Waals surface area (Å²) in [5, 5.41) is 21.6. The molecular weight excluding hydrogens is 268 g/mol. The van der Waals surface area contributed by atoms with E-state index in [1.165, 1.54) is 0 Å². The van der Waals surface area contributed by atoms with E-state index >= 15 is 0 Å². The lowest BCUT2D eigenvalue weighted by Crippen LogP contribution is -2.44. The van der Waals surface area contributed by atoms with E-state index in [9.17, 15) is 15.0 Å². The SMILES string of the molecule is NC(Cc1ccc(O)cc1)C(=O)NCC1CCC(O)CC1. The van der Waals surface area contributed by atoms with Crippen LogP contribution in [0.25, 0.3) is 0 Å². The molecule has 0 radical (unpaired) electrons. The van der Waals surface area contributed by atoms with Gasteiger partial charge in [0.15, 0.2) is 0 Å². The van der Waals surface area contributed by atoms with Crippen LogP contribution in [0.2, 0.25) is 0 Å². The molecule has 116 valence electrons. The average molecular weight is 292 g/mol. The molecule has 1 saturated carbocycles. The number of hydrogen-bond acceptors (Lipinski definition) is 4. The van der Waals surface area contributed by atoms with Crippen LogP contribution in [0.3, 0.4) is 0 Å². The zero-order chi connectivity index (χ0) is 15.2. The summed E-state index contributed by atoms with van der Waals surface area (Å²) in [5.74, 6) is 0.503. The number of aromatic hydroxyl groups is 1. The molecule has 5 nitrogen and oxygen atoms in total. The Labute approximate surface area is 125 Å². The average Bonchev–Trinajstić information content (AvgIpc) is 2.48. The zero-order valence-corrected chi connectivity index (χ0v) is 12.2. The van der Waals surface area contributed by atoms with Crippen LogP contribution in [0.15, 0.2) is 24.3 Å². The molecule has 0 heterocycles. The van der Waals surface area contributed by atoms with Crippen molar-refractivity contribution in [1.29, 1.82) is 0 Å². The van der Waals surface area contributed by atoms with E-state index in [0.29, 0.717) is 18.9 Å². The highest BCUT2D eigenvalue weighted by molar-refractivity contribution is 5.81. The minimum absolute atomic E-state index is 0.144. The molecule has 2 rings (SSSR count). The molecule has 21 heavy (non-hydrogen) atoms. The summed E-state index contributed by atoms with van der Waals surface area (Å²) >= 11 is 0. The molecule has 0 spiro atoms. The number of amides is 1. The van der Waals surface area contributed by atoms with Crippen molar-refractivity contribution in [3.8, 4) is 5.75 Å². The molecule has 0 bridgehead atoms. The van der Waals surface area contributed by atoms with Crippen molar-refractivity contribution in [3.05, 3.63) is 29.8 Å². The fourth-order valence-electron chi connectivity index (χ4n) is 2.70. The number of benzene rings is 1. The molecule has 0 saturated heterocycles. The van der Waals surface area contributed by atoms with Gasteiger partial charge < -0.3 is 21.3 Å². The summed E-state index contributed by atoms with van der Waals surface area (Å²) in [6.45, 7) is 0.634. The fraction of sp³-hybridized carbons (Fsp3) is 0.562. The molecular formula is C16H24N2O3. The van der Waals surface area contributed by atoms with E-state index < -0.39 is 6.04 Å². The fourth-order valence-corrected chi connectivity index (χ4v) is 2.70. The first-order chi connectivity index (χ1) is 10.0. The van der Waals surface area contributed by atoms with Crippen molar-refractivity contribution >= 4 is 5.91 Å². The molecule has 1 aliphatic carbocycles. The largest absolute Gasteiger partial charge is 0.508 e. The number of aliphatic hydroxyl groups is 1. The van der Waals surface area contributed by atoms with Gasteiger partial charge in [-0.2, -0.15) is 0 Å². The van der Waals surface area contributed by atoms with Gasteiger partial charge in [-0.15, -0.1) is 0 Å². The molecule has 1 aromatic carbocycles. The monoisotopic (exact) mass is 292 g/mol. The minimum Gasteiger partial charge on any atom is -0.508 e. The third-order valence-electron chi connectivity index (χ3n) is 4.11. The van der Waals surface area contributed by atoms with Crippen molar-refractivity contribution in [1.82, 2.24) is 5.32 Å². The Morgan fingerprint density at radius 2 is 1.86 bits per heavy atom. The number of nitrogens with one attached hydrogen (secondary N) is 1. The molecule has 0 aromatic heterocycles. The van der Waals surface area contributed by atoms with E-state index in [1.807, 2.05) is 0 Å². The number of carbonyl (C=O) groups excluding carboxylic acids is 1. The van der Waals surface area contributed by atoms with Crippen LogP contribution in [0.1, 0.15) is 31.2 Å². The summed E-state index contributed by atoms with van der Waals surface area (Å²) < 4.78 is 0. The van der Waals surface area contributed by atoms with E-state index in [-0.39, 0.29) is 17.8 Å². The third-order valence-corrected chi connectivity index (χ3v) is 4.11. The molecule has 1 aromatic rings. The Kier molecular flexibility index (Phi) is 5.59. The first-order valence-corrected chi connectivity index (χ1v) is 7.54. The number of rotatable bonds is 5. The molecule has 1 atom stereocenters. The summed E-state index contributed by atoms with van der Waals surface area (Å²) in [5.41, 5.74) is 6.84. The van der Waals surface area contributed by atoms with Gasteiger partial charge in [0.1, 0.15) is 5.75 Å². The second-order valence-electron chi connectivity index (χ2n) is 5.90. The summed E-state index contributed by atoms with van der Waals surface area (Å²) in [6, 6.07) is 6.14. The zero-order valence-electron chi connectivity index (χ0n) is 12.2. The van der Waals surface area contributed by atoms with Crippen LogP contribution in [0.4, 0.5) is 0 Å². The van der Waals surface area contributed by atoms with Crippen LogP contribution in [0, 0.1) is 5.92 Å². The Balaban J connectivity index is 1.73. The van der Waals surface area contributed by atoms with Gasteiger partial charge in [-0.3, -0.25) is 4.79 Å². The molecule has 5 heteroatoms. The predicted molar refractivity (Wildman–Crippen MR) is 80.8 cm³/mol. The molecule has 1 aliphatic rings. The minimum atomic E-state index is -0.580. The van der Waals surface area contributed by atoms with Crippen LogP contribution >= 0.6 is 0 Å². The lowest BCUT2D eigenvalue weighted by atomic mass is 9.87. The van der Waals surface area contributed by atoms with E-state index in [4.69, 9.17) is 5.73 Å². The van der Waals surface area contributed by atoms with Gasteiger partial charge in [0.05, 0.1) is 12.1 Å². The number of aliphatic hydroxyl groups excluding tert-OH is 1. The topological polar surface area (TPSA) is 95.6 Å². The number of phenolic OH excluding ortho intramolecular Hbond substituents is 1. The van der Waals surface area contributed by atoms with E-state index in [1.54, 1.807) is 24.3 Å². The van der Waals surface area contributed by atoms with Gasteiger partial charge in [0.2, 0.25) is 5.91 Å². The molecule has 1 unspecified atom stereocenters. The number of hydrogen-bond donors (Lipinski definition) is 4. The van der Waals surface area contributed by atoms with Crippen LogP contribution in [-0.4, -0.2) is 34.8 Å². The summed E-state index contributed by atoms with van der Waals surface area (Å²) in [7, 11) is 0. The van der Waals surface area contributed by atoms with Gasteiger partial charge in [0, 0.05) is 6.54 Å². The molecule has 0 aliphatic heterocycles. The third kappa shape index (κ3) is 5.02. The highest BCUT2D eigenvalue weighted by Gasteiger charge is 2.21. The van der Waals surface area contributed by atoms with Crippen molar-refractivity contribution in [3.63, 3.8) is 0 Å². The van der Waals surface area contributed by atoms with Gasteiger partial charge in [-0.05, 0) is 55.7 Å². The second-order valence-corrected chi connectivity index (χ2v) is 5.90. The van der Waals surface area contributed by atoms with Gasteiger partial charge in [0.25, 0.3) is 0 Å². The first-order valence-electron chi connectivity index (χ1n) is 7.54. The highest BCUT2D eigenvalue weighted by atomic mass is 16.3.